The zero-order valence-corrected chi connectivity index (χ0v) is 9.48. The molecule has 1 aromatic carbocycles. The molecule has 96 valence electrons. The van der Waals surface area contributed by atoms with Crippen molar-refractivity contribution in [2.45, 2.75) is 18.9 Å². The van der Waals surface area contributed by atoms with Gasteiger partial charge in [-0.25, -0.2) is 4.39 Å². The molecule has 6 nitrogen and oxygen atoms in total. The lowest BCUT2D eigenvalue weighted by Gasteiger charge is -2.12. The highest BCUT2D eigenvalue weighted by molar-refractivity contribution is 5.78. The first-order valence-corrected chi connectivity index (χ1v) is 5.53. The van der Waals surface area contributed by atoms with Crippen molar-refractivity contribution in [1.82, 2.24) is 5.32 Å². The van der Waals surface area contributed by atoms with Crippen molar-refractivity contribution >= 4 is 17.3 Å². The Balaban J connectivity index is 2.04. The molecule has 18 heavy (non-hydrogen) atoms. The smallest absolute Gasteiger partial charge is 0.295 e. The van der Waals surface area contributed by atoms with Gasteiger partial charge in [-0.15, -0.1) is 0 Å². The molecule has 1 aromatic rings. The number of nitro benzene ring substituents is 1. The second-order valence-corrected chi connectivity index (χ2v) is 4.10. The summed E-state index contributed by atoms with van der Waals surface area (Å²) in [7, 11) is 0. The number of nitrogens with zero attached hydrogens (tertiary/aromatic N) is 1. The number of benzene rings is 1. The van der Waals surface area contributed by atoms with Crippen molar-refractivity contribution in [1.29, 1.82) is 0 Å². The van der Waals surface area contributed by atoms with Gasteiger partial charge in [-0.3, -0.25) is 14.9 Å². The number of halogens is 1. The average Bonchev–Trinajstić information content (AvgIpc) is 2.73. The summed E-state index contributed by atoms with van der Waals surface area (Å²) in [5.41, 5.74) is -0.0538. The van der Waals surface area contributed by atoms with Crippen molar-refractivity contribution < 1.29 is 14.1 Å². The fourth-order valence-electron chi connectivity index (χ4n) is 1.87. The first-order chi connectivity index (χ1) is 8.56. The normalized spacial score (nSPS) is 18.5. The van der Waals surface area contributed by atoms with Crippen molar-refractivity contribution in [3.05, 3.63) is 34.1 Å². The van der Waals surface area contributed by atoms with Crippen molar-refractivity contribution in [3.63, 3.8) is 0 Å². The fraction of sp³-hybridized carbons (Fsp3) is 0.364. The molecule has 1 aliphatic rings. The van der Waals surface area contributed by atoms with Crippen LogP contribution in [0.1, 0.15) is 12.8 Å². The van der Waals surface area contributed by atoms with Crippen molar-refractivity contribution in [2.24, 2.45) is 0 Å². The van der Waals surface area contributed by atoms with Gasteiger partial charge in [0.05, 0.1) is 11.0 Å². The molecular weight excluding hydrogens is 241 g/mol. The van der Waals surface area contributed by atoms with E-state index in [4.69, 9.17) is 0 Å². The number of anilines is 1. The van der Waals surface area contributed by atoms with Crippen LogP contribution in [0.25, 0.3) is 0 Å². The van der Waals surface area contributed by atoms with Crippen LogP contribution in [-0.4, -0.2) is 23.4 Å². The van der Waals surface area contributed by atoms with E-state index in [1.165, 1.54) is 6.07 Å². The minimum absolute atomic E-state index is 0.0181. The molecule has 7 heteroatoms. The van der Waals surface area contributed by atoms with Crippen LogP contribution in [0.3, 0.4) is 0 Å². The van der Waals surface area contributed by atoms with Crippen molar-refractivity contribution in [3.8, 4) is 0 Å². The van der Waals surface area contributed by atoms with E-state index in [1.807, 2.05) is 0 Å². The third-order valence-electron chi connectivity index (χ3n) is 2.78. The first-order valence-electron chi connectivity index (χ1n) is 5.53. The molecule has 0 spiro atoms. The summed E-state index contributed by atoms with van der Waals surface area (Å²) in [6, 6.07) is 3.31. The van der Waals surface area contributed by atoms with Gasteiger partial charge in [0.2, 0.25) is 5.91 Å². The van der Waals surface area contributed by atoms with Gasteiger partial charge in [0, 0.05) is 19.0 Å². The predicted octanol–water partition coefficient (Wildman–Crippen LogP) is 1.42. The molecule has 1 fully saturated rings. The third-order valence-corrected chi connectivity index (χ3v) is 2.78. The van der Waals surface area contributed by atoms with E-state index in [-0.39, 0.29) is 23.3 Å². The number of amides is 1. The summed E-state index contributed by atoms with van der Waals surface area (Å²) in [6.45, 7) is 0.387. The number of carbonyl (C=O) groups is 1. The van der Waals surface area contributed by atoms with Crippen LogP contribution in [0.4, 0.5) is 15.8 Å². The van der Waals surface area contributed by atoms with Crippen molar-refractivity contribution in [2.75, 3.05) is 11.9 Å². The van der Waals surface area contributed by atoms with Crippen LogP contribution < -0.4 is 10.6 Å². The van der Waals surface area contributed by atoms with Crippen LogP contribution in [0.5, 0.6) is 0 Å². The minimum atomic E-state index is -0.651. The Kier molecular flexibility index (Phi) is 3.40. The fourth-order valence-corrected chi connectivity index (χ4v) is 1.87. The van der Waals surface area contributed by atoms with Gasteiger partial charge in [0.25, 0.3) is 5.69 Å². The summed E-state index contributed by atoms with van der Waals surface area (Å²) in [4.78, 5) is 21.1. The maximum absolute atomic E-state index is 12.9. The highest BCUT2D eigenvalue weighted by Crippen LogP contribution is 2.25. The molecule has 1 saturated heterocycles. The molecule has 1 heterocycles. The molecule has 0 saturated carbocycles. The second kappa shape index (κ2) is 4.99. The van der Waals surface area contributed by atoms with E-state index in [1.54, 1.807) is 0 Å². The van der Waals surface area contributed by atoms with E-state index in [0.717, 1.165) is 12.1 Å². The minimum Gasteiger partial charge on any atom is -0.377 e. The number of nitro groups is 1. The van der Waals surface area contributed by atoms with E-state index in [0.29, 0.717) is 19.4 Å². The molecule has 0 bridgehead atoms. The van der Waals surface area contributed by atoms with Gasteiger partial charge in [0.15, 0.2) is 0 Å². The molecule has 1 unspecified atom stereocenters. The number of nitrogens with one attached hydrogen (secondary N) is 2. The molecule has 0 radical (unpaired) electrons. The predicted molar refractivity (Wildman–Crippen MR) is 62.7 cm³/mol. The van der Waals surface area contributed by atoms with E-state index in [2.05, 4.69) is 10.6 Å². The van der Waals surface area contributed by atoms with Crippen LogP contribution in [0.15, 0.2) is 18.2 Å². The zero-order valence-electron chi connectivity index (χ0n) is 9.48. The van der Waals surface area contributed by atoms with Crippen LogP contribution >= 0.6 is 0 Å². The lowest BCUT2D eigenvalue weighted by Crippen LogP contribution is -2.31. The van der Waals surface area contributed by atoms with Crippen LogP contribution in [-0.2, 0) is 4.79 Å². The van der Waals surface area contributed by atoms with Crippen LogP contribution in [0.2, 0.25) is 0 Å². The largest absolute Gasteiger partial charge is 0.377 e. The maximum Gasteiger partial charge on any atom is 0.295 e. The number of hydrogen-bond donors (Lipinski definition) is 2. The molecule has 0 aromatic heterocycles. The molecule has 1 atom stereocenters. The zero-order chi connectivity index (χ0) is 13.1. The highest BCUT2D eigenvalue weighted by Gasteiger charge is 2.21. The first kappa shape index (κ1) is 12.3. The van der Waals surface area contributed by atoms with Gasteiger partial charge < -0.3 is 10.6 Å². The lowest BCUT2D eigenvalue weighted by atomic mass is 10.2. The van der Waals surface area contributed by atoms with Gasteiger partial charge >= 0.3 is 0 Å². The summed E-state index contributed by atoms with van der Waals surface area (Å²) in [5.74, 6) is -0.670. The lowest BCUT2D eigenvalue weighted by molar-refractivity contribution is -0.384. The van der Waals surface area contributed by atoms with Gasteiger partial charge in [-0.05, 0) is 18.6 Å². The second-order valence-electron chi connectivity index (χ2n) is 4.10. The van der Waals surface area contributed by atoms with E-state index in [9.17, 15) is 19.3 Å². The molecule has 1 aliphatic heterocycles. The summed E-state index contributed by atoms with van der Waals surface area (Å²) < 4.78 is 12.9. The SMILES string of the molecule is O=C1CCC(CNc2ccc(F)cc2[N+](=O)[O-])N1. The van der Waals surface area contributed by atoms with E-state index < -0.39 is 10.7 Å². The monoisotopic (exact) mass is 253 g/mol. The Morgan fingerprint density at radius 2 is 2.33 bits per heavy atom. The molecule has 1 amide bonds. The number of rotatable bonds is 4. The quantitative estimate of drug-likeness (QED) is 0.628. The standard InChI is InChI=1S/C11H12FN3O3/c12-7-1-3-9(10(5-7)15(17)18)13-6-8-2-4-11(16)14-8/h1,3,5,8,13H,2,4,6H2,(H,14,16). The summed E-state index contributed by atoms with van der Waals surface area (Å²) >= 11 is 0. The Bertz CT molecular complexity index is 492. The highest BCUT2D eigenvalue weighted by atomic mass is 19.1. The average molecular weight is 253 g/mol. The van der Waals surface area contributed by atoms with Gasteiger partial charge in [0.1, 0.15) is 11.5 Å². The molecule has 0 aliphatic carbocycles. The Labute approximate surface area is 102 Å². The number of carbonyl (C=O) groups excluding carboxylic acids is 1. The molecule has 2 N–H and O–H groups in total. The van der Waals surface area contributed by atoms with Gasteiger partial charge in [-0.1, -0.05) is 0 Å². The van der Waals surface area contributed by atoms with Gasteiger partial charge in [-0.2, -0.15) is 0 Å². The van der Waals surface area contributed by atoms with E-state index >= 15 is 0 Å². The maximum atomic E-state index is 12.9. The topological polar surface area (TPSA) is 84.3 Å². The molecular formula is C11H12FN3O3. The number of hydrogen-bond acceptors (Lipinski definition) is 4. The Morgan fingerprint density at radius 3 is 2.94 bits per heavy atom. The Morgan fingerprint density at radius 1 is 1.56 bits per heavy atom. The Hall–Kier alpha value is -2.18. The van der Waals surface area contributed by atoms with Crippen LogP contribution in [0, 0.1) is 15.9 Å². The molecule has 2 rings (SSSR count). The third kappa shape index (κ3) is 2.73. The summed E-state index contributed by atoms with van der Waals surface area (Å²) in [6.07, 6.45) is 1.17. The summed E-state index contributed by atoms with van der Waals surface area (Å²) in [5, 5.41) is 16.4.